The molecule has 1 aromatic carbocycles. The number of methoxy groups -OCH3 is 1. The van der Waals surface area contributed by atoms with Gasteiger partial charge in [-0.15, -0.1) is 0 Å². The van der Waals surface area contributed by atoms with Crippen molar-refractivity contribution < 1.29 is 14.3 Å². The van der Waals surface area contributed by atoms with E-state index in [0.717, 1.165) is 11.3 Å². The van der Waals surface area contributed by atoms with Crippen molar-refractivity contribution in [3.05, 3.63) is 52.4 Å². The van der Waals surface area contributed by atoms with Crippen LogP contribution in [0.15, 0.2) is 45.5 Å². The molecule has 1 atom stereocenters. The van der Waals surface area contributed by atoms with Crippen LogP contribution in [0.3, 0.4) is 0 Å². The lowest BCUT2D eigenvalue weighted by molar-refractivity contribution is 0.149. The molecule has 0 amide bonds. The molecule has 0 saturated carbocycles. The molecule has 2 aromatic rings. The minimum absolute atomic E-state index is 0.518. The van der Waals surface area contributed by atoms with Crippen molar-refractivity contribution in [1.29, 1.82) is 0 Å². The molecular formula is C13H13BrO3. The van der Waals surface area contributed by atoms with E-state index in [4.69, 9.17) is 9.15 Å². The zero-order valence-corrected chi connectivity index (χ0v) is 11.0. The van der Waals surface area contributed by atoms with Gasteiger partial charge < -0.3 is 14.3 Å². The normalized spacial score (nSPS) is 12.4. The van der Waals surface area contributed by atoms with Crippen molar-refractivity contribution in [2.75, 3.05) is 7.11 Å². The van der Waals surface area contributed by atoms with E-state index in [1.807, 2.05) is 24.3 Å². The van der Waals surface area contributed by atoms with Crippen LogP contribution < -0.4 is 4.74 Å². The molecular weight excluding hydrogens is 284 g/mol. The van der Waals surface area contributed by atoms with Gasteiger partial charge in [-0.1, -0.05) is 12.1 Å². The number of rotatable bonds is 4. The Labute approximate surface area is 108 Å². The maximum Gasteiger partial charge on any atom is 0.169 e. The molecule has 0 aliphatic carbocycles. The van der Waals surface area contributed by atoms with Crippen molar-refractivity contribution in [3.63, 3.8) is 0 Å². The van der Waals surface area contributed by atoms with Crippen LogP contribution in [-0.2, 0) is 6.42 Å². The van der Waals surface area contributed by atoms with Crippen LogP contribution in [0.5, 0.6) is 5.75 Å². The van der Waals surface area contributed by atoms with Gasteiger partial charge in [0.15, 0.2) is 4.67 Å². The van der Waals surface area contributed by atoms with Crippen LogP contribution in [0.1, 0.15) is 17.4 Å². The molecule has 17 heavy (non-hydrogen) atoms. The van der Waals surface area contributed by atoms with Crippen LogP contribution in [0, 0.1) is 0 Å². The molecule has 1 N–H and O–H groups in total. The second kappa shape index (κ2) is 5.38. The van der Waals surface area contributed by atoms with Gasteiger partial charge in [0.2, 0.25) is 0 Å². The van der Waals surface area contributed by atoms with Crippen LogP contribution in [-0.4, -0.2) is 12.2 Å². The van der Waals surface area contributed by atoms with E-state index in [1.165, 1.54) is 0 Å². The van der Waals surface area contributed by atoms with Gasteiger partial charge in [0.25, 0.3) is 0 Å². The Morgan fingerprint density at radius 2 is 1.94 bits per heavy atom. The molecule has 0 radical (unpaired) electrons. The Kier molecular flexibility index (Phi) is 3.86. The van der Waals surface area contributed by atoms with E-state index in [-0.39, 0.29) is 0 Å². The van der Waals surface area contributed by atoms with E-state index in [2.05, 4.69) is 15.9 Å². The molecule has 0 saturated heterocycles. The number of halogens is 1. The Balaban J connectivity index is 2.04. The predicted molar refractivity (Wildman–Crippen MR) is 68.1 cm³/mol. The van der Waals surface area contributed by atoms with E-state index < -0.39 is 6.10 Å². The first-order valence-corrected chi connectivity index (χ1v) is 6.04. The van der Waals surface area contributed by atoms with Crippen molar-refractivity contribution in [2.45, 2.75) is 12.5 Å². The van der Waals surface area contributed by atoms with Crippen molar-refractivity contribution >= 4 is 15.9 Å². The molecule has 4 heteroatoms. The molecule has 90 valence electrons. The Bertz CT molecular complexity index is 476. The number of furan rings is 1. The van der Waals surface area contributed by atoms with Gasteiger partial charge in [0, 0.05) is 6.42 Å². The first kappa shape index (κ1) is 12.2. The van der Waals surface area contributed by atoms with Gasteiger partial charge in [-0.2, -0.15) is 0 Å². The second-order valence-electron chi connectivity index (χ2n) is 3.71. The molecule has 1 aromatic heterocycles. The fourth-order valence-electron chi connectivity index (χ4n) is 1.59. The van der Waals surface area contributed by atoms with Gasteiger partial charge in [0.1, 0.15) is 17.6 Å². The average Bonchev–Trinajstić information content (AvgIpc) is 2.77. The highest BCUT2D eigenvalue weighted by molar-refractivity contribution is 9.10. The van der Waals surface area contributed by atoms with Gasteiger partial charge in [-0.25, -0.2) is 0 Å². The van der Waals surface area contributed by atoms with Gasteiger partial charge in [0.05, 0.1) is 7.11 Å². The van der Waals surface area contributed by atoms with Crippen LogP contribution in [0.2, 0.25) is 0 Å². The maximum absolute atomic E-state index is 9.97. The lowest BCUT2D eigenvalue weighted by Gasteiger charge is -2.08. The molecule has 1 heterocycles. The highest BCUT2D eigenvalue weighted by Gasteiger charge is 2.12. The molecule has 0 aliphatic rings. The third-order valence-electron chi connectivity index (χ3n) is 2.51. The molecule has 1 unspecified atom stereocenters. The summed E-state index contributed by atoms with van der Waals surface area (Å²) in [4.78, 5) is 0. The number of hydrogen-bond acceptors (Lipinski definition) is 3. The smallest absolute Gasteiger partial charge is 0.169 e. The summed E-state index contributed by atoms with van der Waals surface area (Å²) in [5, 5.41) is 9.97. The standard InChI is InChI=1S/C13H13BrO3/c1-16-10-4-2-9(3-5-10)8-11(15)12-6-7-13(14)17-12/h2-7,11,15H,8H2,1H3. The molecule has 0 spiro atoms. The minimum atomic E-state index is -0.630. The zero-order chi connectivity index (χ0) is 12.3. The number of ether oxygens (including phenoxy) is 1. The first-order chi connectivity index (χ1) is 8.19. The van der Waals surface area contributed by atoms with Crippen molar-refractivity contribution in [2.24, 2.45) is 0 Å². The number of aliphatic hydroxyl groups is 1. The Morgan fingerprint density at radius 3 is 2.47 bits per heavy atom. The highest BCUT2D eigenvalue weighted by atomic mass is 79.9. The summed E-state index contributed by atoms with van der Waals surface area (Å²) in [5.41, 5.74) is 1.03. The summed E-state index contributed by atoms with van der Waals surface area (Å²) in [7, 11) is 1.63. The summed E-state index contributed by atoms with van der Waals surface area (Å²) in [6.45, 7) is 0. The number of benzene rings is 1. The Morgan fingerprint density at radius 1 is 1.24 bits per heavy atom. The third kappa shape index (κ3) is 3.11. The quantitative estimate of drug-likeness (QED) is 0.941. The van der Waals surface area contributed by atoms with E-state index >= 15 is 0 Å². The lowest BCUT2D eigenvalue weighted by atomic mass is 10.1. The predicted octanol–water partition coefficient (Wildman–Crippen LogP) is 3.33. The Hall–Kier alpha value is -1.26. The average molecular weight is 297 g/mol. The fraction of sp³-hybridized carbons (Fsp3) is 0.231. The van der Waals surface area contributed by atoms with Gasteiger partial charge in [-0.3, -0.25) is 0 Å². The largest absolute Gasteiger partial charge is 0.497 e. The van der Waals surface area contributed by atoms with E-state index in [9.17, 15) is 5.11 Å². The summed E-state index contributed by atoms with van der Waals surface area (Å²) in [6.07, 6.45) is -0.112. The van der Waals surface area contributed by atoms with Crippen LogP contribution in [0.25, 0.3) is 0 Å². The van der Waals surface area contributed by atoms with E-state index in [0.29, 0.717) is 16.9 Å². The third-order valence-corrected chi connectivity index (χ3v) is 2.94. The summed E-state index contributed by atoms with van der Waals surface area (Å²) >= 11 is 3.21. The topological polar surface area (TPSA) is 42.6 Å². The second-order valence-corrected chi connectivity index (χ2v) is 4.49. The maximum atomic E-state index is 9.97. The summed E-state index contributed by atoms with van der Waals surface area (Å²) in [6, 6.07) is 11.1. The van der Waals surface area contributed by atoms with Gasteiger partial charge in [-0.05, 0) is 45.8 Å². The highest BCUT2D eigenvalue weighted by Crippen LogP contribution is 2.24. The summed E-state index contributed by atoms with van der Waals surface area (Å²) in [5.74, 6) is 1.37. The van der Waals surface area contributed by atoms with Crippen molar-refractivity contribution in [1.82, 2.24) is 0 Å². The van der Waals surface area contributed by atoms with Crippen molar-refractivity contribution in [3.8, 4) is 5.75 Å². The molecule has 0 fully saturated rings. The van der Waals surface area contributed by atoms with Gasteiger partial charge >= 0.3 is 0 Å². The molecule has 0 aliphatic heterocycles. The number of aliphatic hydroxyl groups excluding tert-OH is 1. The SMILES string of the molecule is COc1ccc(CC(O)c2ccc(Br)o2)cc1. The lowest BCUT2D eigenvalue weighted by Crippen LogP contribution is -2.00. The van der Waals surface area contributed by atoms with Crippen LogP contribution in [0.4, 0.5) is 0 Å². The number of hydrogen-bond donors (Lipinski definition) is 1. The molecule has 3 nitrogen and oxygen atoms in total. The minimum Gasteiger partial charge on any atom is -0.497 e. The summed E-state index contributed by atoms with van der Waals surface area (Å²) < 4.78 is 11.0. The van der Waals surface area contributed by atoms with E-state index in [1.54, 1.807) is 19.2 Å². The molecule has 0 bridgehead atoms. The fourth-order valence-corrected chi connectivity index (χ4v) is 1.91. The van der Waals surface area contributed by atoms with Crippen LogP contribution >= 0.6 is 15.9 Å². The first-order valence-electron chi connectivity index (χ1n) is 5.25. The zero-order valence-electron chi connectivity index (χ0n) is 9.39. The monoisotopic (exact) mass is 296 g/mol. The molecule has 2 rings (SSSR count).